The van der Waals surface area contributed by atoms with Gasteiger partial charge in [-0.3, -0.25) is 0 Å². The second kappa shape index (κ2) is 4.38. The molecule has 1 aliphatic rings. The van der Waals surface area contributed by atoms with Crippen LogP contribution in [0.4, 0.5) is 11.4 Å². The number of nitrogen functional groups attached to an aromatic ring is 1. The Bertz CT molecular complexity index is 269. The average Bonchev–Trinajstić information content (AvgIpc) is 2.57. The molecule has 1 heterocycles. The van der Waals surface area contributed by atoms with Gasteiger partial charge >= 0.3 is 0 Å². The number of rotatable bonds is 1. The average molecular weight is 198 g/mol. The summed E-state index contributed by atoms with van der Waals surface area (Å²) in [4.78, 5) is 2.36. The second-order valence-electron chi connectivity index (χ2n) is 3.25. The molecule has 0 radical (unpaired) electrons. The highest BCUT2D eigenvalue weighted by Crippen LogP contribution is 2.25. The molecular formula is C10H14ClN2-. The number of anilines is 2. The third-order valence-electron chi connectivity index (χ3n) is 2.38. The molecule has 2 rings (SSSR count). The number of benzene rings is 1. The van der Waals surface area contributed by atoms with Crippen LogP contribution < -0.4 is 23.0 Å². The highest BCUT2D eigenvalue weighted by molar-refractivity contribution is 5.67. The zero-order valence-electron chi connectivity index (χ0n) is 7.54. The molecule has 1 saturated heterocycles. The van der Waals surface area contributed by atoms with Crippen molar-refractivity contribution in [3.63, 3.8) is 0 Å². The minimum absolute atomic E-state index is 0. The fourth-order valence-corrected chi connectivity index (χ4v) is 1.73. The molecule has 0 bridgehead atoms. The van der Waals surface area contributed by atoms with E-state index in [1.165, 1.54) is 18.5 Å². The minimum Gasteiger partial charge on any atom is -1.00 e. The Morgan fingerprint density at radius 2 is 1.69 bits per heavy atom. The Morgan fingerprint density at radius 1 is 1.08 bits per heavy atom. The molecular weight excluding hydrogens is 184 g/mol. The molecule has 0 saturated carbocycles. The van der Waals surface area contributed by atoms with Crippen LogP contribution in [0.3, 0.4) is 0 Å². The van der Waals surface area contributed by atoms with Crippen molar-refractivity contribution >= 4 is 11.4 Å². The zero-order chi connectivity index (χ0) is 8.39. The topological polar surface area (TPSA) is 29.3 Å². The molecule has 0 aliphatic carbocycles. The minimum atomic E-state index is 0. The molecule has 2 nitrogen and oxygen atoms in total. The van der Waals surface area contributed by atoms with Crippen LogP contribution >= 0.6 is 0 Å². The van der Waals surface area contributed by atoms with E-state index in [-0.39, 0.29) is 12.4 Å². The van der Waals surface area contributed by atoms with E-state index in [4.69, 9.17) is 5.73 Å². The maximum atomic E-state index is 5.86. The lowest BCUT2D eigenvalue weighted by Crippen LogP contribution is -3.00. The number of nitrogens with two attached hydrogens (primary N) is 1. The lowest BCUT2D eigenvalue weighted by atomic mass is 10.2. The van der Waals surface area contributed by atoms with Crippen LogP contribution in [0.25, 0.3) is 0 Å². The summed E-state index contributed by atoms with van der Waals surface area (Å²) >= 11 is 0. The maximum Gasteiger partial charge on any atom is 0.0599 e. The number of halogens is 1. The van der Waals surface area contributed by atoms with Gasteiger partial charge in [-0.15, -0.1) is 0 Å². The van der Waals surface area contributed by atoms with E-state index in [2.05, 4.69) is 11.0 Å². The van der Waals surface area contributed by atoms with Crippen molar-refractivity contribution in [3.05, 3.63) is 24.3 Å². The van der Waals surface area contributed by atoms with Crippen LogP contribution in [-0.2, 0) is 0 Å². The molecule has 0 aromatic heterocycles. The van der Waals surface area contributed by atoms with Gasteiger partial charge in [0.25, 0.3) is 0 Å². The largest absolute Gasteiger partial charge is 1.00 e. The quantitative estimate of drug-likeness (QED) is 0.578. The van der Waals surface area contributed by atoms with E-state index in [9.17, 15) is 0 Å². The van der Waals surface area contributed by atoms with E-state index in [1.54, 1.807) is 0 Å². The Hall–Kier alpha value is -0.890. The van der Waals surface area contributed by atoms with E-state index >= 15 is 0 Å². The predicted octanol–water partition coefficient (Wildman–Crippen LogP) is -1.13. The van der Waals surface area contributed by atoms with Crippen LogP contribution in [0, 0.1) is 0 Å². The molecule has 13 heavy (non-hydrogen) atoms. The molecule has 1 aromatic rings. The van der Waals surface area contributed by atoms with Gasteiger partial charge in [0, 0.05) is 13.1 Å². The Kier molecular flexibility index (Phi) is 3.43. The van der Waals surface area contributed by atoms with Crippen molar-refractivity contribution in [1.82, 2.24) is 0 Å². The van der Waals surface area contributed by atoms with Gasteiger partial charge in [-0.25, -0.2) is 0 Å². The van der Waals surface area contributed by atoms with Gasteiger partial charge in [-0.1, -0.05) is 12.1 Å². The lowest BCUT2D eigenvalue weighted by molar-refractivity contribution is -0.00000244. The molecule has 0 spiro atoms. The van der Waals surface area contributed by atoms with Gasteiger partial charge in [0.1, 0.15) is 0 Å². The third kappa shape index (κ3) is 2.07. The summed E-state index contributed by atoms with van der Waals surface area (Å²) in [6, 6.07) is 8.09. The number of hydrogen-bond donors (Lipinski definition) is 1. The molecule has 0 amide bonds. The summed E-state index contributed by atoms with van der Waals surface area (Å²) in [5, 5.41) is 0. The van der Waals surface area contributed by atoms with Crippen molar-refractivity contribution in [1.29, 1.82) is 0 Å². The maximum absolute atomic E-state index is 5.86. The normalized spacial score (nSPS) is 15.5. The first-order valence-electron chi connectivity index (χ1n) is 4.47. The van der Waals surface area contributed by atoms with Gasteiger partial charge in [-0.2, -0.15) is 0 Å². The third-order valence-corrected chi connectivity index (χ3v) is 2.38. The molecule has 0 atom stereocenters. The number of para-hydroxylation sites is 2. The van der Waals surface area contributed by atoms with Crippen molar-refractivity contribution in [2.24, 2.45) is 0 Å². The summed E-state index contributed by atoms with van der Waals surface area (Å²) in [5.74, 6) is 0. The zero-order valence-corrected chi connectivity index (χ0v) is 8.30. The van der Waals surface area contributed by atoms with E-state index in [1.807, 2.05) is 18.2 Å². The highest BCUT2D eigenvalue weighted by atomic mass is 35.5. The Morgan fingerprint density at radius 3 is 2.31 bits per heavy atom. The van der Waals surface area contributed by atoms with E-state index in [0.717, 1.165) is 18.8 Å². The Labute approximate surface area is 85.1 Å². The summed E-state index contributed by atoms with van der Waals surface area (Å²) in [6.07, 6.45) is 2.60. The van der Waals surface area contributed by atoms with Crippen LogP contribution in [0.15, 0.2) is 24.3 Å². The number of hydrogen-bond acceptors (Lipinski definition) is 2. The first-order chi connectivity index (χ1) is 5.88. The Balaban J connectivity index is 0.000000845. The fraction of sp³-hybridized carbons (Fsp3) is 0.400. The summed E-state index contributed by atoms with van der Waals surface area (Å²) in [7, 11) is 0. The SMILES string of the molecule is Nc1ccccc1N1CCCC1.[Cl-]. The van der Waals surface area contributed by atoms with Crippen LogP contribution in [0.1, 0.15) is 12.8 Å². The summed E-state index contributed by atoms with van der Waals surface area (Å²) in [6.45, 7) is 2.32. The summed E-state index contributed by atoms with van der Waals surface area (Å²) < 4.78 is 0. The lowest BCUT2D eigenvalue weighted by Gasteiger charge is -2.19. The predicted molar refractivity (Wildman–Crippen MR) is 52.3 cm³/mol. The molecule has 1 aliphatic heterocycles. The molecule has 0 unspecified atom stereocenters. The van der Waals surface area contributed by atoms with E-state index in [0.29, 0.717) is 0 Å². The summed E-state index contributed by atoms with van der Waals surface area (Å²) in [5.41, 5.74) is 7.96. The molecule has 1 fully saturated rings. The molecule has 2 N–H and O–H groups in total. The second-order valence-corrected chi connectivity index (χ2v) is 3.25. The van der Waals surface area contributed by atoms with Crippen molar-refractivity contribution in [3.8, 4) is 0 Å². The first kappa shape index (κ1) is 10.2. The van der Waals surface area contributed by atoms with Gasteiger partial charge in [0.15, 0.2) is 0 Å². The van der Waals surface area contributed by atoms with Crippen molar-refractivity contribution in [2.45, 2.75) is 12.8 Å². The number of nitrogens with zero attached hydrogens (tertiary/aromatic N) is 1. The first-order valence-corrected chi connectivity index (χ1v) is 4.47. The van der Waals surface area contributed by atoms with Gasteiger partial charge in [-0.05, 0) is 25.0 Å². The van der Waals surface area contributed by atoms with E-state index < -0.39 is 0 Å². The van der Waals surface area contributed by atoms with Crippen molar-refractivity contribution in [2.75, 3.05) is 23.7 Å². The van der Waals surface area contributed by atoms with Crippen LogP contribution in [0.5, 0.6) is 0 Å². The van der Waals surface area contributed by atoms with Gasteiger partial charge in [0.05, 0.1) is 11.4 Å². The standard InChI is InChI=1S/C10H14N2.ClH/c11-9-5-1-2-6-10(9)12-7-3-4-8-12;/h1-2,5-6H,3-4,7-8,11H2;1H/p-1. The van der Waals surface area contributed by atoms with Gasteiger partial charge < -0.3 is 23.0 Å². The van der Waals surface area contributed by atoms with Crippen molar-refractivity contribution < 1.29 is 12.4 Å². The van der Waals surface area contributed by atoms with Crippen LogP contribution in [0.2, 0.25) is 0 Å². The molecule has 1 aromatic carbocycles. The smallest absolute Gasteiger partial charge is 0.0599 e. The highest BCUT2D eigenvalue weighted by Gasteiger charge is 2.13. The van der Waals surface area contributed by atoms with Crippen LogP contribution in [-0.4, -0.2) is 13.1 Å². The van der Waals surface area contributed by atoms with Gasteiger partial charge in [0.2, 0.25) is 0 Å². The monoisotopic (exact) mass is 197 g/mol. The molecule has 3 heteroatoms. The fourth-order valence-electron chi connectivity index (χ4n) is 1.73. The molecule has 72 valence electrons.